The molecule has 0 unspecified atom stereocenters. The van der Waals surface area contributed by atoms with E-state index in [1.54, 1.807) is 18.0 Å². The van der Waals surface area contributed by atoms with Gasteiger partial charge in [0.15, 0.2) is 22.6 Å². The molecule has 0 radical (unpaired) electrons. The summed E-state index contributed by atoms with van der Waals surface area (Å²) in [5.41, 5.74) is 0. The molecule has 3 heterocycles. The standard InChI is InChI=1S/C17H23N5O2S/c1-11(2)8-15-18-14(21-24-15)10-25-17-20-19-16(13-6-5-7-23-13)22(17)9-12(3)4/h5-7,11-12H,8-10H2,1-4H3. The molecule has 0 atom stereocenters. The molecule has 0 N–H and O–H groups in total. The van der Waals surface area contributed by atoms with Crippen LogP contribution in [0.3, 0.4) is 0 Å². The van der Waals surface area contributed by atoms with Crippen molar-refractivity contribution in [3.05, 3.63) is 30.1 Å². The first-order valence-corrected chi connectivity index (χ1v) is 9.42. The lowest BCUT2D eigenvalue weighted by atomic mass is 10.1. The number of aromatic nitrogens is 5. The first-order chi connectivity index (χ1) is 12.0. The Bertz CT molecular complexity index is 792. The quantitative estimate of drug-likeness (QED) is 0.559. The summed E-state index contributed by atoms with van der Waals surface area (Å²) < 4.78 is 12.9. The van der Waals surface area contributed by atoms with Gasteiger partial charge in [-0.15, -0.1) is 10.2 Å². The van der Waals surface area contributed by atoms with Crippen molar-refractivity contribution >= 4 is 11.8 Å². The van der Waals surface area contributed by atoms with Crippen LogP contribution in [-0.4, -0.2) is 24.9 Å². The maximum atomic E-state index is 5.49. The minimum Gasteiger partial charge on any atom is -0.461 e. The largest absolute Gasteiger partial charge is 0.461 e. The van der Waals surface area contributed by atoms with E-state index >= 15 is 0 Å². The molecule has 0 saturated heterocycles. The molecule has 0 aliphatic rings. The van der Waals surface area contributed by atoms with Gasteiger partial charge in [-0.05, 0) is 24.0 Å². The molecule has 0 aliphatic carbocycles. The molecular formula is C17H23N5O2S. The van der Waals surface area contributed by atoms with Crippen molar-refractivity contribution in [1.82, 2.24) is 24.9 Å². The lowest BCUT2D eigenvalue weighted by molar-refractivity contribution is 0.360. The highest BCUT2D eigenvalue weighted by molar-refractivity contribution is 7.98. The van der Waals surface area contributed by atoms with Gasteiger partial charge in [-0.2, -0.15) is 4.98 Å². The monoisotopic (exact) mass is 361 g/mol. The van der Waals surface area contributed by atoms with Gasteiger partial charge >= 0.3 is 0 Å². The molecule has 0 fully saturated rings. The van der Waals surface area contributed by atoms with Crippen LogP contribution in [0.25, 0.3) is 11.6 Å². The van der Waals surface area contributed by atoms with Crippen LogP contribution in [0.1, 0.15) is 39.4 Å². The first-order valence-electron chi connectivity index (χ1n) is 8.44. The van der Waals surface area contributed by atoms with Crippen LogP contribution in [-0.2, 0) is 18.7 Å². The molecule has 0 bridgehead atoms. The second kappa shape index (κ2) is 7.86. The Balaban J connectivity index is 1.74. The average Bonchev–Trinajstić information content (AvgIpc) is 3.25. The molecule has 0 spiro atoms. The van der Waals surface area contributed by atoms with Crippen LogP contribution < -0.4 is 0 Å². The van der Waals surface area contributed by atoms with E-state index in [4.69, 9.17) is 8.94 Å². The number of furan rings is 1. The number of hydrogen-bond donors (Lipinski definition) is 0. The van der Waals surface area contributed by atoms with Gasteiger partial charge in [0.05, 0.1) is 12.0 Å². The Morgan fingerprint density at radius 2 is 2.00 bits per heavy atom. The SMILES string of the molecule is CC(C)Cc1nc(CSc2nnc(-c3ccco3)n2CC(C)C)no1. The van der Waals surface area contributed by atoms with E-state index in [9.17, 15) is 0 Å². The zero-order valence-corrected chi connectivity index (χ0v) is 15.8. The molecule has 0 amide bonds. The van der Waals surface area contributed by atoms with Crippen molar-refractivity contribution in [3.8, 4) is 11.6 Å². The van der Waals surface area contributed by atoms with Gasteiger partial charge in [-0.1, -0.05) is 44.6 Å². The summed E-state index contributed by atoms with van der Waals surface area (Å²) in [7, 11) is 0. The van der Waals surface area contributed by atoms with Crippen molar-refractivity contribution in [2.75, 3.05) is 0 Å². The average molecular weight is 361 g/mol. The number of hydrogen-bond acceptors (Lipinski definition) is 7. The zero-order chi connectivity index (χ0) is 17.8. The molecule has 3 aromatic rings. The highest BCUT2D eigenvalue weighted by Gasteiger charge is 2.18. The van der Waals surface area contributed by atoms with Crippen LogP contribution in [0.15, 0.2) is 32.5 Å². The predicted octanol–water partition coefficient (Wildman–Crippen LogP) is 4.07. The molecule has 0 aromatic carbocycles. The van der Waals surface area contributed by atoms with E-state index in [0.29, 0.717) is 29.3 Å². The summed E-state index contributed by atoms with van der Waals surface area (Å²) in [6.07, 6.45) is 2.44. The Kier molecular flexibility index (Phi) is 5.57. The number of thioether (sulfide) groups is 1. The zero-order valence-electron chi connectivity index (χ0n) is 15.0. The van der Waals surface area contributed by atoms with E-state index in [-0.39, 0.29) is 0 Å². The molecular weight excluding hydrogens is 338 g/mol. The van der Waals surface area contributed by atoms with Crippen LogP contribution in [0, 0.1) is 11.8 Å². The summed E-state index contributed by atoms with van der Waals surface area (Å²) in [6, 6.07) is 3.75. The fourth-order valence-corrected chi connectivity index (χ4v) is 3.21. The normalized spacial score (nSPS) is 11.8. The molecule has 3 aromatic heterocycles. The Hall–Kier alpha value is -2.09. The van der Waals surface area contributed by atoms with Gasteiger partial charge in [0.1, 0.15) is 0 Å². The van der Waals surface area contributed by atoms with Crippen LogP contribution in [0.4, 0.5) is 0 Å². The predicted molar refractivity (Wildman–Crippen MR) is 95.0 cm³/mol. The number of nitrogens with zero attached hydrogens (tertiary/aromatic N) is 5. The van der Waals surface area contributed by atoms with Gasteiger partial charge in [0.2, 0.25) is 5.89 Å². The lowest BCUT2D eigenvalue weighted by Gasteiger charge is -2.10. The van der Waals surface area contributed by atoms with Crippen molar-refractivity contribution in [3.63, 3.8) is 0 Å². The van der Waals surface area contributed by atoms with E-state index in [2.05, 4.69) is 52.6 Å². The third-order valence-electron chi connectivity index (χ3n) is 3.43. The Labute approximate surface area is 151 Å². The molecule has 8 heteroatoms. The van der Waals surface area contributed by atoms with Crippen molar-refractivity contribution < 1.29 is 8.94 Å². The second-order valence-electron chi connectivity index (χ2n) is 6.78. The van der Waals surface area contributed by atoms with Gasteiger partial charge < -0.3 is 8.94 Å². The summed E-state index contributed by atoms with van der Waals surface area (Å²) in [6.45, 7) is 9.40. The molecule has 134 valence electrons. The third-order valence-corrected chi connectivity index (χ3v) is 4.39. The van der Waals surface area contributed by atoms with Gasteiger partial charge in [-0.3, -0.25) is 4.57 Å². The minimum atomic E-state index is 0.465. The van der Waals surface area contributed by atoms with Gasteiger partial charge in [-0.25, -0.2) is 0 Å². The van der Waals surface area contributed by atoms with E-state index in [0.717, 1.165) is 29.7 Å². The van der Waals surface area contributed by atoms with E-state index < -0.39 is 0 Å². The fraction of sp³-hybridized carbons (Fsp3) is 0.529. The van der Waals surface area contributed by atoms with Crippen LogP contribution >= 0.6 is 11.8 Å². The molecule has 25 heavy (non-hydrogen) atoms. The van der Waals surface area contributed by atoms with Crippen LogP contribution in [0.2, 0.25) is 0 Å². The maximum absolute atomic E-state index is 5.49. The van der Waals surface area contributed by atoms with Gasteiger partial charge in [0, 0.05) is 13.0 Å². The highest BCUT2D eigenvalue weighted by Crippen LogP contribution is 2.27. The maximum Gasteiger partial charge on any atom is 0.226 e. The van der Waals surface area contributed by atoms with Crippen molar-refractivity contribution in [2.24, 2.45) is 11.8 Å². The Morgan fingerprint density at radius 1 is 1.16 bits per heavy atom. The summed E-state index contributed by atoms with van der Waals surface area (Å²) in [5, 5.41) is 13.5. The minimum absolute atomic E-state index is 0.465. The van der Waals surface area contributed by atoms with E-state index in [1.807, 2.05) is 12.1 Å². The summed E-state index contributed by atoms with van der Waals surface area (Å²) >= 11 is 1.56. The van der Waals surface area contributed by atoms with Crippen LogP contribution in [0.5, 0.6) is 0 Å². The molecule has 0 saturated carbocycles. The fourth-order valence-electron chi connectivity index (χ4n) is 2.42. The van der Waals surface area contributed by atoms with Gasteiger partial charge in [0.25, 0.3) is 0 Å². The molecule has 3 rings (SSSR count). The smallest absolute Gasteiger partial charge is 0.226 e. The van der Waals surface area contributed by atoms with Crippen molar-refractivity contribution in [1.29, 1.82) is 0 Å². The first kappa shape index (κ1) is 17.7. The second-order valence-corrected chi connectivity index (χ2v) is 7.72. The molecule has 0 aliphatic heterocycles. The molecule has 7 nitrogen and oxygen atoms in total. The summed E-state index contributed by atoms with van der Waals surface area (Å²) in [4.78, 5) is 4.44. The highest BCUT2D eigenvalue weighted by atomic mass is 32.2. The lowest BCUT2D eigenvalue weighted by Crippen LogP contribution is -2.07. The Morgan fingerprint density at radius 3 is 2.68 bits per heavy atom. The topological polar surface area (TPSA) is 82.8 Å². The number of rotatable bonds is 8. The third kappa shape index (κ3) is 4.50. The summed E-state index contributed by atoms with van der Waals surface area (Å²) in [5.74, 6) is 4.38. The van der Waals surface area contributed by atoms with E-state index in [1.165, 1.54) is 0 Å². The van der Waals surface area contributed by atoms with Crippen molar-refractivity contribution in [2.45, 2.75) is 51.6 Å².